The third-order valence-corrected chi connectivity index (χ3v) is 3.88. The zero-order valence-corrected chi connectivity index (χ0v) is 12.3. The van der Waals surface area contributed by atoms with Gasteiger partial charge in [-0.15, -0.1) is 0 Å². The number of nitrogens with zero attached hydrogens (tertiary/aromatic N) is 1. The van der Waals surface area contributed by atoms with Gasteiger partial charge in [-0.3, -0.25) is 4.79 Å². The van der Waals surface area contributed by atoms with Gasteiger partial charge in [-0.1, -0.05) is 69.8 Å². The second kappa shape index (κ2) is 5.99. The molecule has 19 heavy (non-hydrogen) atoms. The molecule has 2 nitrogen and oxygen atoms in total. The van der Waals surface area contributed by atoms with Crippen molar-refractivity contribution in [3.63, 3.8) is 0 Å². The summed E-state index contributed by atoms with van der Waals surface area (Å²) in [5, 5.41) is 0.228. The van der Waals surface area contributed by atoms with E-state index < -0.39 is 4.17 Å². The SMILES string of the molecule is CC(=O)c1cn(F)c(SC(Cl)Cl)c1-c1ccccc1. The zero-order valence-electron chi connectivity index (χ0n) is 9.94. The van der Waals surface area contributed by atoms with Crippen LogP contribution in [-0.4, -0.2) is 14.7 Å². The van der Waals surface area contributed by atoms with E-state index in [2.05, 4.69) is 0 Å². The number of ketones is 1. The van der Waals surface area contributed by atoms with Gasteiger partial charge >= 0.3 is 0 Å². The van der Waals surface area contributed by atoms with Crippen LogP contribution in [0.15, 0.2) is 41.6 Å². The van der Waals surface area contributed by atoms with Crippen molar-refractivity contribution in [1.29, 1.82) is 0 Å². The molecule has 2 rings (SSSR count). The molecule has 0 aliphatic heterocycles. The highest BCUT2D eigenvalue weighted by molar-refractivity contribution is 8.02. The lowest BCUT2D eigenvalue weighted by Gasteiger charge is -2.07. The maximum atomic E-state index is 13.9. The van der Waals surface area contributed by atoms with Gasteiger partial charge < -0.3 is 0 Å². The molecule has 0 aliphatic carbocycles. The lowest BCUT2D eigenvalue weighted by Crippen LogP contribution is -1.93. The van der Waals surface area contributed by atoms with Crippen molar-refractivity contribution in [3.05, 3.63) is 42.1 Å². The van der Waals surface area contributed by atoms with Crippen molar-refractivity contribution in [3.8, 4) is 11.1 Å². The van der Waals surface area contributed by atoms with Crippen LogP contribution in [0.4, 0.5) is 4.48 Å². The van der Waals surface area contributed by atoms with Crippen LogP contribution in [-0.2, 0) is 0 Å². The third-order valence-electron chi connectivity index (χ3n) is 2.56. The molecule has 1 aromatic carbocycles. The van der Waals surface area contributed by atoms with E-state index in [-0.39, 0.29) is 10.8 Å². The van der Waals surface area contributed by atoms with E-state index in [1.165, 1.54) is 6.92 Å². The fraction of sp³-hybridized carbons (Fsp3) is 0.154. The molecule has 100 valence electrons. The third kappa shape index (κ3) is 3.14. The van der Waals surface area contributed by atoms with Gasteiger partial charge in [0.1, 0.15) is 5.03 Å². The summed E-state index contributed by atoms with van der Waals surface area (Å²) in [7, 11) is 0. The second-order valence-electron chi connectivity index (χ2n) is 3.83. The first-order valence-corrected chi connectivity index (χ1v) is 7.18. The molecule has 0 radical (unpaired) electrons. The van der Waals surface area contributed by atoms with Crippen LogP contribution in [0, 0.1) is 0 Å². The Balaban J connectivity index is 2.64. The van der Waals surface area contributed by atoms with Crippen LogP contribution >= 0.6 is 35.0 Å². The van der Waals surface area contributed by atoms with Gasteiger partial charge in [0, 0.05) is 11.1 Å². The second-order valence-corrected chi connectivity index (χ2v) is 6.54. The summed E-state index contributed by atoms with van der Waals surface area (Å²) < 4.78 is 13.1. The Hall–Kier alpha value is -0.970. The normalized spacial score (nSPS) is 11.0. The van der Waals surface area contributed by atoms with Gasteiger partial charge in [-0.05, 0) is 12.5 Å². The number of hydrogen-bond donors (Lipinski definition) is 0. The molecule has 0 fully saturated rings. The lowest BCUT2D eigenvalue weighted by atomic mass is 10.0. The van der Waals surface area contributed by atoms with E-state index in [0.717, 1.165) is 23.5 Å². The molecule has 1 aromatic heterocycles. The molecule has 0 saturated carbocycles. The molecular formula is C13H10Cl2FNOS. The number of halogens is 3. The van der Waals surface area contributed by atoms with Crippen molar-refractivity contribution in [2.45, 2.75) is 16.1 Å². The summed E-state index contributed by atoms with van der Waals surface area (Å²) >= 11 is 12.3. The van der Waals surface area contributed by atoms with Crippen LogP contribution in [0.2, 0.25) is 0 Å². The molecule has 0 bridgehead atoms. The summed E-state index contributed by atoms with van der Waals surface area (Å²) in [5.74, 6) is -0.210. The molecule has 1 heterocycles. The predicted molar refractivity (Wildman–Crippen MR) is 77.7 cm³/mol. The first kappa shape index (κ1) is 14.4. The highest BCUT2D eigenvalue weighted by Gasteiger charge is 2.22. The van der Waals surface area contributed by atoms with E-state index in [1.807, 2.05) is 30.3 Å². The number of carbonyl (C=O) groups is 1. The molecule has 6 heteroatoms. The van der Waals surface area contributed by atoms with Crippen molar-refractivity contribution in [2.75, 3.05) is 0 Å². The summed E-state index contributed by atoms with van der Waals surface area (Å²) in [6.45, 7) is 1.40. The van der Waals surface area contributed by atoms with Gasteiger partial charge in [-0.25, -0.2) is 0 Å². The minimum atomic E-state index is -0.813. The summed E-state index contributed by atoms with van der Waals surface area (Å²) in [6.07, 6.45) is 1.16. The quantitative estimate of drug-likeness (QED) is 0.452. The highest BCUT2D eigenvalue weighted by Crippen LogP contribution is 2.40. The molecule has 0 saturated heterocycles. The summed E-state index contributed by atoms with van der Waals surface area (Å²) in [6, 6.07) is 9.11. The summed E-state index contributed by atoms with van der Waals surface area (Å²) in [5.41, 5.74) is 1.58. The maximum absolute atomic E-state index is 13.9. The number of alkyl halides is 2. The van der Waals surface area contributed by atoms with E-state index in [4.69, 9.17) is 23.2 Å². The molecule has 0 amide bonds. The van der Waals surface area contributed by atoms with Crippen LogP contribution in [0.1, 0.15) is 17.3 Å². The van der Waals surface area contributed by atoms with Gasteiger partial charge in [-0.2, -0.15) is 4.79 Å². The Bertz CT molecular complexity index is 598. The average Bonchev–Trinajstić information content (AvgIpc) is 2.68. The first-order valence-electron chi connectivity index (χ1n) is 5.43. The Kier molecular flexibility index (Phi) is 4.55. The molecule has 0 spiro atoms. The average molecular weight is 318 g/mol. The minimum Gasteiger partial charge on any atom is -0.294 e. The van der Waals surface area contributed by atoms with Gasteiger partial charge in [0.15, 0.2) is 9.95 Å². The van der Waals surface area contributed by atoms with E-state index >= 15 is 0 Å². The molecule has 0 N–H and O–H groups in total. The van der Waals surface area contributed by atoms with Crippen LogP contribution in [0.25, 0.3) is 11.1 Å². The first-order chi connectivity index (χ1) is 9.00. The number of Topliss-reactive ketones (excluding diaryl/α,β-unsaturated/α-hetero) is 1. The van der Waals surface area contributed by atoms with Gasteiger partial charge in [0.25, 0.3) is 0 Å². The fourth-order valence-electron chi connectivity index (χ4n) is 1.80. The molecule has 0 unspecified atom stereocenters. The van der Waals surface area contributed by atoms with E-state index in [0.29, 0.717) is 15.9 Å². The highest BCUT2D eigenvalue weighted by atomic mass is 35.5. The number of aromatic nitrogens is 1. The minimum absolute atomic E-state index is 0.210. The lowest BCUT2D eigenvalue weighted by molar-refractivity contribution is 0.101. The Morgan fingerprint density at radius 2 is 1.95 bits per heavy atom. The zero-order chi connectivity index (χ0) is 14.0. The Morgan fingerprint density at radius 1 is 1.32 bits per heavy atom. The van der Waals surface area contributed by atoms with Crippen molar-refractivity contribution >= 4 is 40.7 Å². The molecule has 0 atom stereocenters. The number of carbonyl (C=O) groups excluding carboxylic acids is 1. The standard InChI is InChI=1S/C13H10Cl2FNOS/c1-8(18)10-7-17(16)12(19-13(14)15)11(10)9-5-3-2-4-6-9/h2-7,13H,1H3. The topological polar surface area (TPSA) is 22.0 Å². The smallest absolute Gasteiger partial charge is 0.162 e. The largest absolute Gasteiger partial charge is 0.294 e. The molecule has 2 aromatic rings. The maximum Gasteiger partial charge on any atom is 0.162 e. The Labute approximate surface area is 124 Å². The number of benzene rings is 1. The fourth-order valence-corrected chi connectivity index (χ4v) is 2.98. The van der Waals surface area contributed by atoms with Crippen LogP contribution in [0.3, 0.4) is 0 Å². The number of rotatable bonds is 4. The van der Waals surface area contributed by atoms with Gasteiger partial charge in [0.2, 0.25) is 0 Å². The summed E-state index contributed by atoms with van der Waals surface area (Å²) in [4.78, 5) is 12.0. The Morgan fingerprint density at radius 3 is 2.47 bits per heavy atom. The van der Waals surface area contributed by atoms with Gasteiger partial charge in [0.05, 0.1) is 6.20 Å². The molecular weight excluding hydrogens is 308 g/mol. The van der Waals surface area contributed by atoms with Crippen molar-refractivity contribution in [1.82, 2.24) is 4.79 Å². The van der Waals surface area contributed by atoms with E-state index in [9.17, 15) is 9.28 Å². The molecule has 0 aliphatic rings. The van der Waals surface area contributed by atoms with Crippen molar-refractivity contribution < 1.29 is 9.28 Å². The number of thioether (sulfide) groups is 1. The van der Waals surface area contributed by atoms with Crippen LogP contribution in [0.5, 0.6) is 0 Å². The van der Waals surface area contributed by atoms with Crippen LogP contribution < -0.4 is 0 Å². The monoisotopic (exact) mass is 317 g/mol. The predicted octanol–water partition coefficient (Wildman–Crippen LogP) is 4.94. The number of hydrogen-bond acceptors (Lipinski definition) is 2. The van der Waals surface area contributed by atoms with E-state index in [1.54, 1.807) is 0 Å². The van der Waals surface area contributed by atoms with Crippen molar-refractivity contribution in [2.24, 2.45) is 0 Å².